The van der Waals surface area contributed by atoms with E-state index in [-0.39, 0.29) is 0 Å². The van der Waals surface area contributed by atoms with E-state index in [0.29, 0.717) is 25.2 Å². The lowest BCUT2D eigenvalue weighted by Crippen LogP contribution is -2.47. The zero-order valence-corrected chi connectivity index (χ0v) is 12.4. The molecule has 1 aliphatic heterocycles. The first-order valence-corrected chi connectivity index (χ1v) is 9.01. The van der Waals surface area contributed by atoms with Crippen LogP contribution in [0.15, 0.2) is 0 Å². The molecule has 1 atom stereocenters. The van der Waals surface area contributed by atoms with Gasteiger partial charge in [-0.2, -0.15) is 0 Å². The summed E-state index contributed by atoms with van der Waals surface area (Å²) in [5.74, 6) is 0.934. The second-order valence-corrected chi connectivity index (χ2v) is 8.02. The lowest BCUT2D eigenvalue weighted by atomic mass is 9.81. The van der Waals surface area contributed by atoms with Crippen molar-refractivity contribution in [3.8, 4) is 0 Å². The molecule has 5 heteroatoms. The highest BCUT2D eigenvalue weighted by Gasteiger charge is 2.26. The van der Waals surface area contributed by atoms with Crippen molar-refractivity contribution in [2.45, 2.75) is 57.5 Å². The van der Waals surface area contributed by atoms with Crippen LogP contribution < -0.4 is 5.32 Å². The Hall–Kier alpha value is -0.130. The molecule has 1 N–H and O–H groups in total. The first-order valence-electron chi connectivity index (χ1n) is 7.16. The van der Waals surface area contributed by atoms with Crippen LogP contribution in [0.2, 0.25) is 0 Å². The van der Waals surface area contributed by atoms with Crippen LogP contribution in [-0.4, -0.2) is 44.2 Å². The van der Waals surface area contributed by atoms with Crippen LogP contribution in [0.25, 0.3) is 0 Å². The van der Waals surface area contributed by atoms with Gasteiger partial charge in [-0.15, -0.1) is 0 Å². The summed E-state index contributed by atoms with van der Waals surface area (Å²) in [5, 5.41) is 3.67. The van der Waals surface area contributed by atoms with Crippen LogP contribution in [0, 0.1) is 5.92 Å². The number of piperidine rings is 1. The van der Waals surface area contributed by atoms with Gasteiger partial charge in [-0.3, -0.25) is 0 Å². The number of nitrogens with one attached hydrogen (secondary N) is 1. The molecule has 1 aliphatic carbocycles. The van der Waals surface area contributed by atoms with E-state index in [0.717, 1.165) is 18.8 Å². The fourth-order valence-corrected chi connectivity index (χ4v) is 3.93. The Morgan fingerprint density at radius 1 is 1.22 bits per heavy atom. The average molecular weight is 274 g/mol. The SMILES string of the molecule is CC(CC1CCC1)NC1CCN(S(C)(=O)=O)CC1. The molecule has 2 aliphatic rings. The molecule has 0 spiro atoms. The Morgan fingerprint density at radius 2 is 1.83 bits per heavy atom. The number of hydrogen-bond acceptors (Lipinski definition) is 3. The van der Waals surface area contributed by atoms with Crippen LogP contribution in [0.1, 0.15) is 45.4 Å². The van der Waals surface area contributed by atoms with Gasteiger partial charge in [0.05, 0.1) is 6.26 Å². The molecule has 0 amide bonds. The summed E-state index contributed by atoms with van der Waals surface area (Å²) in [7, 11) is -2.99. The van der Waals surface area contributed by atoms with Crippen molar-refractivity contribution in [3.63, 3.8) is 0 Å². The number of nitrogens with zero attached hydrogens (tertiary/aromatic N) is 1. The zero-order chi connectivity index (χ0) is 13.2. The molecule has 0 aromatic heterocycles. The van der Waals surface area contributed by atoms with E-state index in [1.54, 1.807) is 4.31 Å². The van der Waals surface area contributed by atoms with Crippen LogP contribution in [0.5, 0.6) is 0 Å². The average Bonchev–Trinajstić information content (AvgIpc) is 2.23. The molecule has 1 heterocycles. The van der Waals surface area contributed by atoms with Gasteiger partial charge in [-0.25, -0.2) is 12.7 Å². The van der Waals surface area contributed by atoms with Gasteiger partial charge in [-0.1, -0.05) is 19.3 Å². The Kier molecular flexibility index (Phi) is 4.67. The predicted octanol–water partition coefficient (Wildman–Crippen LogP) is 1.58. The summed E-state index contributed by atoms with van der Waals surface area (Å²) in [6, 6.07) is 1.07. The van der Waals surface area contributed by atoms with Crippen LogP contribution in [0.4, 0.5) is 0 Å². The second-order valence-electron chi connectivity index (χ2n) is 6.04. The van der Waals surface area contributed by atoms with Gasteiger partial charge in [-0.05, 0) is 32.1 Å². The van der Waals surface area contributed by atoms with Crippen molar-refractivity contribution in [2.75, 3.05) is 19.3 Å². The molecule has 18 heavy (non-hydrogen) atoms. The summed E-state index contributed by atoms with van der Waals surface area (Å²) in [5.41, 5.74) is 0. The van der Waals surface area contributed by atoms with Crippen molar-refractivity contribution in [3.05, 3.63) is 0 Å². The Bertz CT molecular complexity index is 357. The smallest absolute Gasteiger partial charge is 0.211 e. The van der Waals surface area contributed by atoms with Crippen molar-refractivity contribution in [1.82, 2.24) is 9.62 Å². The van der Waals surface area contributed by atoms with Gasteiger partial charge >= 0.3 is 0 Å². The highest BCUT2D eigenvalue weighted by molar-refractivity contribution is 7.88. The third-order valence-electron chi connectivity index (χ3n) is 4.35. The Labute approximate surface area is 111 Å². The topological polar surface area (TPSA) is 49.4 Å². The number of rotatable bonds is 5. The van der Waals surface area contributed by atoms with Gasteiger partial charge in [0.2, 0.25) is 10.0 Å². The molecule has 0 aromatic rings. The van der Waals surface area contributed by atoms with E-state index in [1.807, 2.05) is 0 Å². The summed E-state index contributed by atoms with van der Waals surface area (Å²) >= 11 is 0. The molecule has 0 radical (unpaired) electrons. The summed E-state index contributed by atoms with van der Waals surface area (Å²) in [4.78, 5) is 0. The highest BCUT2D eigenvalue weighted by Crippen LogP contribution is 2.30. The molecule has 1 unspecified atom stereocenters. The Morgan fingerprint density at radius 3 is 2.28 bits per heavy atom. The maximum absolute atomic E-state index is 11.4. The molecule has 2 rings (SSSR count). The highest BCUT2D eigenvalue weighted by atomic mass is 32.2. The largest absolute Gasteiger partial charge is 0.311 e. The van der Waals surface area contributed by atoms with Gasteiger partial charge < -0.3 is 5.32 Å². The van der Waals surface area contributed by atoms with Gasteiger partial charge in [0, 0.05) is 25.2 Å². The van der Waals surface area contributed by atoms with E-state index in [9.17, 15) is 8.42 Å². The number of hydrogen-bond donors (Lipinski definition) is 1. The molecule has 2 fully saturated rings. The fraction of sp³-hybridized carbons (Fsp3) is 1.00. The summed E-state index contributed by atoms with van der Waals surface area (Å²) in [6.45, 7) is 3.61. The first kappa shape index (κ1) is 14.3. The van der Waals surface area contributed by atoms with E-state index < -0.39 is 10.0 Å². The second kappa shape index (κ2) is 5.88. The third kappa shape index (κ3) is 3.93. The molecular formula is C13H26N2O2S. The van der Waals surface area contributed by atoms with Crippen LogP contribution in [-0.2, 0) is 10.0 Å². The molecule has 1 saturated heterocycles. The molecule has 4 nitrogen and oxygen atoms in total. The molecule has 0 aromatic carbocycles. The van der Waals surface area contributed by atoms with Crippen LogP contribution in [0.3, 0.4) is 0 Å². The van der Waals surface area contributed by atoms with Crippen molar-refractivity contribution in [2.24, 2.45) is 5.92 Å². The fourth-order valence-electron chi connectivity index (χ4n) is 3.05. The van der Waals surface area contributed by atoms with Crippen molar-refractivity contribution in [1.29, 1.82) is 0 Å². The quantitative estimate of drug-likeness (QED) is 0.828. The minimum atomic E-state index is -2.99. The lowest BCUT2D eigenvalue weighted by molar-refractivity contribution is 0.232. The summed E-state index contributed by atoms with van der Waals surface area (Å²) < 4.78 is 24.4. The molecular weight excluding hydrogens is 248 g/mol. The first-order chi connectivity index (χ1) is 8.45. The Balaban J connectivity index is 1.69. The summed E-state index contributed by atoms with van der Waals surface area (Å²) in [6.07, 6.45) is 8.69. The van der Waals surface area contributed by atoms with Gasteiger partial charge in [0.1, 0.15) is 0 Å². The minimum Gasteiger partial charge on any atom is -0.311 e. The van der Waals surface area contributed by atoms with Gasteiger partial charge in [0.25, 0.3) is 0 Å². The maximum Gasteiger partial charge on any atom is 0.211 e. The lowest BCUT2D eigenvalue weighted by Gasteiger charge is -2.34. The van der Waals surface area contributed by atoms with Gasteiger partial charge in [0.15, 0.2) is 0 Å². The van der Waals surface area contributed by atoms with Crippen molar-refractivity contribution >= 4 is 10.0 Å². The molecule has 1 saturated carbocycles. The standard InChI is InChI=1S/C13H26N2O2S/c1-11(10-12-4-3-5-12)14-13-6-8-15(9-7-13)18(2,16)17/h11-14H,3-10H2,1-2H3. The van der Waals surface area contributed by atoms with Crippen molar-refractivity contribution < 1.29 is 8.42 Å². The zero-order valence-electron chi connectivity index (χ0n) is 11.6. The van der Waals surface area contributed by atoms with E-state index in [4.69, 9.17) is 0 Å². The maximum atomic E-state index is 11.4. The number of sulfonamides is 1. The van der Waals surface area contributed by atoms with E-state index in [2.05, 4.69) is 12.2 Å². The van der Waals surface area contributed by atoms with E-state index >= 15 is 0 Å². The minimum absolute atomic E-state index is 0.498. The van der Waals surface area contributed by atoms with Crippen LogP contribution >= 0.6 is 0 Å². The molecule has 0 bridgehead atoms. The normalized spacial score (nSPS) is 25.9. The third-order valence-corrected chi connectivity index (χ3v) is 5.66. The molecule has 106 valence electrons. The monoisotopic (exact) mass is 274 g/mol. The predicted molar refractivity (Wildman–Crippen MR) is 74.0 cm³/mol. The van der Waals surface area contributed by atoms with E-state index in [1.165, 1.54) is 31.9 Å².